The van der Waals surface area contributed by atoms with Crippen molar-refractivity contribution in [2.45, 2.75) is 51.9 Å². The van der Waals surface area contributed by atoms with Crippen LogP contribution in [0.3, 0.4) is 0 Å². The van der Waals surface area contributed by atoms with Gasteiger partial charge in [-0.2, -0.15) is 0 Å². The van der Waals surface area contributed by atoms with Crippen molar-refractivity contribution in [2.24, 2.45) is 0 Å². The number of benzene rings is 1. The number of hydrogen-bond acceptors (Lipinski definition) is 2. The third-order valence-corrected chi connectivity index (χ3v) is 3.46. The molecule has 0 spiro atoms. The molecule has 0 heterocycles. The molecule has 1 aromatic carbocycles. The summed E-state index contributed by atoms with van der Waals surface area (Å²) in [7, 11) is 0. The minimum Gasteiger partial charge on any atom is -0.491 e. The van der Waals surface area contributed by atoms with Gasteiger partial charge >= 0.3 is 0 Å². The van der Waals surface area contributed by atoms with E-state index in [4.69, 9.17) is 9.47 Å². The van der Waals surface area contributed by atoms with Gasteiger partial charge < -0.3 is 9.47 Å². The summed E-state index contributed by atoms with van der Waals surface area (Å²) in [6.07, 6.45) is 9.13. The van der Waals surface area contributed by atoms with Crippen LogP contribution >= 0.6 is 0 Å². The number of unbranched alkanes of at least 4 members (excludes halogenated alkanes) is 5. The van der Waals surface area contributed by atoms with E-state index in [2.05, 4.69) is 19.1 Å². The predicted molar refractivity (Wildman–Crippen MR) is 85.8 cm³/mol. The molecule has 3 heteroatoms. The van der Waals surface area contributed by atoms with Gasteiger partial charge in [0.05, 0.1) is 13.2 Å². The summed E-state index contributed by atoms with van der Waals surface area (Å²) in [5.74, 6) is 0.852. The van der Waals surface area contributed by atoms with Gasteiger partial charge in [0, 0.05) is 0 Å². The van der Waals surface area contributed by atoms with Crippen LogP contribution in [0.25, 0.3) is 0 Å². The number of alkyl halides is 1. The highest BCUT2D eigenvalue weighted by atomic mass is 19.1. The number of hydrogen-bond donors (Lipinski definition) is 0. The molecule has 120 valence electrons. The van der Waals surface area contributed by atoms with Crippen LogP contribution in [-0.2, 0) is 11.2 Å². The van der Waals surface area contributed by atoms with E-state index < -0.39 is 6.67 Å². The maximum Gasteiger partial charge on any atom is 0.119 e. The molecule has 0 aromatic heterocycles. The van der Waals surface area contributed by atoms with Crippen molar-refractivity contribution in [3.05, 3.63) is 29.8 Å². The molecule has 0 radical (unpaired) electrons. The van der Waals surface area contributed by atoms with Crippen LogP contribution in [0.5, 0.6) is 5.75 Å². The Bertz CT molecular complexity index is 338. The molecular weight excluding hydrogens is 267 g/mol. The largest absolute Gasteiger partial charge is 0.491 e. The van der Waals surface area contributed by atoms with Crippen LogP contribution in [-0.4, -0.2) is 26.5 Å². The standard InChI is InChI=1S/C18H29FO2/c1-2-3-4-5-6-7-8-17-9-11-18(12-10-17)21-16-15-20-14-13-19/h9-12H,2-8,13-16H2,1H3. The molecule has 1 aromatic rings. The Morgan fingerprint density at radius 2 is 1.57 bits per heavy atom. The molecule has 0 unspecified atom stereocenters. The van der Waals surface area contributed by atoms with Crippen LogP contribution in [0.1, 0.15) is 51.0 Å². The molecule has 0 aliphatic carbocycles. The lowest BCUT2D eigenvalue weighted by Gasteiger charge is -2.07. The lowest BCUT2D eigenvalue weighted by atomic mass is 10.0. The van der Waals surface area contributed by atoms with Crippen molar-refractivity contribution in [3.8, 4) is 5.75 Å². The van der Waals surface area contributed by atoms with E-state index >= 15 is 0 Å². The van der Waals surface area contributed by atoms with Crippen molar-refractivity contribution in [2.75, 3.05) is 26.5 Å². The summed E-state index contributed by atoms with van der Waals surface area (Å²) < 4.78 is 22.4. The van der Waals surface area contributed by atoms with Crippen molar-refractivity contribution in [3.63, 3.8) is 0 Å². The van der Waals surface area contributed by atoms with Crippen LogP contribution in [0.2, 0.25) is 0 Å². The maximum atomic E-state index is 11.8. The number of halogens is 1. The summed E-state index contributed by atoms with van der Waals surface area (Å²) in [6.45, 7) is 2.87. The fourth-order valence-corrected chi connectivity index (χ4v) is 2.24. The van der Waals surface area contributed by atoms with Gasteiger partial charge in [0.2, 0.25) is 0 Å². The van der Waals surface area contributed by atoms with Crippen molar-refractivity contribution in [1.82, 2.24) is 0 Å². The monoisotopic (exact) mass is 296 g/mol. The summed E-state index contributed by atoms with van der Waals surface area (Å²) in [6, 6.07) is 8.26. The molecule has 0 aliphatic heterocycles. The highest BCUT2D eigenvalue weighted by Gasteiger charge is 1.97. The zero-order valence-corrected chi connectivity index (χ0v) is 13.3. The van der Waals surface area contributed by atoms with Gasteiger partial charge in [-0.25, -0.2) is 4.39 Å². The van der Waals surface area contributed by atoms with Gasteiger partial charge in [0.25, 0.3) is 0 Å². The van der Waals surface area contributed by atoms with E-state index in [1.54, 1.807) is 0 Å². The Morgan fingerprint density at radius 1 is 0.857 bits per heavy atom. The van der Waals surface area contributed by atoms with Crippen molar-refractivity contribution in [1.29, 1.82) is 0 Å². The molecule has 0 atom stereocenters. The van der Waals surface area contributed by atoms with E-state index in [-0.39, 0.29) is 6.61 Å². The predicted octanol–water partition coefficient (Wildman–Crippen LogP) is 4.95. The topological polar surface area (TPSA) is 18.5 Å². The van der Waals surface area contributed by atoms with Crippen molar-refractivity contribution < 1.29 is 13.9 Å². The van der Waals surface area contributed by atoms with Gasteiger partial charge in [0.15, 0.2) is 0 Å². The average Bonchev–Trinajstić information content (AvgIpc) is 2.52. The molecule has 0 bridgehead atoms. The maximum absolute atomic E-state index is 11.8. The Balaban J connectivity index is 2.09. The first kappa shape index (κ1) is 18.0. The highest BCUT2D eigenvalue weighted by molar-refractivity contribution is 5.27. The highest BCUT2D eigenvalue weighted by Crippen LogP contribution is 2.15. The first-order chi connectivity index (χ1) is 10.4. The summed E-state index contributed by atoms with van der Waals surface area (Å²) in [4.78, 5) is 0. The second kappa shape index (κ2) is 12.6. The van der Waals surface area contributed by atoms with Gasteiger partial charge in [-0.15, -0.1) is 0 Å². The van der Waals surface area contributed by atoms with E-state index in [0.717, 1.165) is 12.2 Å². The first-order valence-electron chi connectivity index (χ1n) is 8.22. The smallest absolute Gasteiger partial charge is 0.119 e. The number of ether oxygens (including phenoxy) is 2. The molecular formula is C18H29FO2. The third kappa shape index (κ3) is 9.46. The number of aryl methyl sites for hydroxylation is 1. The average molecular weight is 296 g/mol. The SMILES string of the molecule is CCCCCCCCc1ccc(OCCOCCF)cc1. The minimum atomic E-state index is -0.437. The first-order valence-corrected chi connectivity index (χ1v) is 8.22. The van der Waals surface area contributed by atoms with Crippen LogP contribution in [0.4, 0.5) is 4.39 Å². The van der Waals surface area contributed by atoms with Gasteiger partial charge in [-0.1, -0.05) is 51.2 Å². The van der Waals surface area contributed by atoms with Crippen LogP contribution in [0, 0.1) is 0 Å². The molecule has 2 nitrogen and oxygen atoms in total. The molecule has 0 fully saturated rings. The lowest BCUT2D eigenvalue weighted by molar-refractivity contribution is 0.0897. The van der Waals surface area contributed by atoms with E-state index in [9.17, 15) is 4.39 Å². The molecule has 0 N–H and O–H groups in total. The third-order valence-electron chi connectivity index (χ3n) is 3.46. The van der Waals surface area contributed by atoms with Crippen molar-refractivity contribution >= 4 is 0 Å². The zero-order chi connectivity index (χ0) is 15.2. The second-order valence-corrected chi connectivity index (χ2v) is 5.31. The fraction of sp³-hybridized carbons (Fsp3) is 0.667. The quantitative estimate of drug-likeness (QED) is 0.479. The Kier molecular flexibility index (Phi) is 10.8. The van der Waals surface area contributed by atoms with Gasteiger partial charge in [0.1, 0.15) is 19.0 Å². The molecule has 0 saturated heterocycles. The molecule has 0 aliphatic rings. The molecule has 21 heavy (non-hydrogen) atoms. The second-order valence-electron chi connectivity index (χ2n) is 5.31. The lowest BCUT2D eigenvalue weighted by Crippen LogP contribution is -2.08. The molecule has 0 saturated carbocycles. The Hall–Kier alpha value is -1.09. The van der Waals surface area contributed by atoms with E-state index in [0.29, 0.717) is 13.2 Å². The van der Waals surface area contributed by atoms with Gasteiger partial charge in [-0.3, -0.25) is 0 Å². The normalized spacial score (nSPS) is 10.8. The van der Waals surface area contributed by atoms with E-state index in [1.165, 1.54) is 44.1 Å². The molecule has 1 rings (SSSR count). The Morgan fingerprint density at radius 3 is 2.29 bits per heavy atom. The Labute approximate surface area is 128 Å². The fourth-order valence-electron chi connectivity index (χ4n) is 2.24. The summed E-state index contributed by atoms with van der Waals surface area (Å²) >= 11 is 0. The van der Waals surface area contributed by atoms with Crippen LogP contribution < -0.4 is 4.74 Å². The molecule has 0 amide bonds. The summed E-state index contributed by atoms with van der Waals surface area (Å²) in [5, 5.41) is 0. The summed E-state index contributed by atoms with van der Waals surface area (Å²) in [5.41, 5.74) is 1.37. The zero-order valence-electron chi connectivity index (χ0n) is 13.3. The minimum absolute atomic E-state index is 0.153. The van der Waals surface area contributed by atoms with E-state index in [1.807, 2.05) is 12.1 Å². The number of rotatable bonds is 13. The van der Waals surface area contributed by atoms with Crippen LogP contribution in [0.15, 0.2) is 24.3 Å². The van der Waals surface area contributed by atoms with Gasteiger partial charge in [-0.05, 0) is 30.5 Å².